The minimum Gasteiger partial charge on any atom is -0.377 e. The number of fused-ring (bicyclic) bond motifs is 1. The summed E-state index contributed by atoms with van der Waals surface area (Å²) in [7, 11) is -0.192. The van der Waals surface area contributed by atoms with Crippen LogP contribution in [0.5, 0.6) is 0 Å². The molecule has 0 unspecified atom stereocenters. The van der Waals surface area contributed by atoms with Gasteiger partial charge in [-0.25, -0.2) is 27.2 Å². The van der Waals surface area contributed by atoms with Crippen LogP contribution in [-0.2, 0) is 19.4 Å². The van der Waals surface area contributed by atoms with Gasteiger partial charge in [-0.1, -0.05) is 23.5 Å². The Morgan fingerprint density at radius 3 is 2.46 bits per heavy atom. The number of thiazole rings is 1. The molecule has 1 aliphatic rings. The summed E-state index contributed by atoms with van der Waals surface area (Å²) < 4.78 is 57.2. The van der Waals surface area contributed by atoms with E-state index in [1.165, 1.54) is 18.4 Å². The number of nitrogens with one attached hydrogen (secondary N) is 1. The number of ether oxygens (including phenoxy) is 1. The predicted octanol–water partition coefficient (Wildman–Crippen LogP) is 5.04. The van der Waals surface area contributed by atoms with Gasteiger partial charge >= 0.3 is 0 Å². The Balaban J connectivity index is 1.55. The molecule has 200 valence electrons. The number of carbonyl (C=O) groups excluding carboxylic acids is 1. The van der Waals surface area contributed by atoms with Gasteiger partial charge in [-0.15, -0.1) is 0 Å². The molecule has 0 bridgehead atoms. The summed E-state index contributed by atoms with van der Waals surface area (Å²) in [6, 6.07) is 5.03. The fourth-order valence-electron chi connectivity index (χ4n) is 4.65. The van der Waals surface area contributed by atoms with E-state index in [4.69, 9.17) is 4.74 Å². The number of anilines is 2. The molecule has 1 aromatic carbocycles. The molecule has 12 heteroatoms. The maximum atomic E-state index is 14.1. The highest BCUT2D eigenvalue weighted by atomic mass is 32.2. The van der Waals surface area contributed by atoms with Gasteiger partial charge in [-0.3, -0.25) is 4.79 Å². The Hall–Kier alpha value is -2.70. The number of halogens is 2. The number of aromatic nitrogens is 2. The number of pyridine rings is 1. The first-order chi connectivity index (χ1) is 17.5. The highest BCUT2D eigenvalue weighted by Gasteiger charge is 2.36. The van der Waals surface area contributed by atoms with Crippen LogP contribution in [-0.4, -0.2) is 61.3 Å². The zero-order chi connectivity index (χ0) is 26.9. The van der Waals surface area contributed by atoms with E-state index >= 15 is 0 Å². The van der Waals surface area contributed by atoms with Crippen LogP contribution in [0.3, 0.4) is 0 Å². The Bertz CT molecular complexity index is 1370. The number of amides is 1. The minimum atomic E-state index is -3.16. The fraction of sp³-hybridized carbons (Fsp3) is 0.480. The Kier molecular flexibility index (Phi) is 8.10. The number of alkyl halides is 2. The summed E-state index contributed by atoms with van der Waals surface area (Å²) in [5.41, 5.74) is 3.25. The van der Waals surface area contributed by atoms with Gasteiger partial charge in [0.05, 0.1) is 34.5 Å². The highest BCUT2D eigenvalue weighted by molar-refractivity contribution is 7.91. The number of methoxy groups -OCH3 is 1. The zero-order valence-corrected chi connectivity index (χ0v) is 22.7. The molecule has 2 atom stereocenters. The molecule has 37 heavy (non-hydrogen) atoms. The fourth-order valence-corrected chi connectivity index (χ4v) is 6.91. The first kappa shape index (κ1) is 27.3. The zero-order valence-electron chi connectivity index (χ0n) is 21.1. The van der Waals surface area contributed by atoms with Crippen LogP contribution in [0.15, 0.2) is 30.5 Å². The number of hydrogen-bond donors (Lipinski definition) is 1. The summed E-state index contributed by atoms with van der Waals surface area (Å²) >= 11 is 1.49. The number of carbonyl (C=O) groups is 1. The Morgan fingerprint density at radius 2 is 1.86 bits per heavy atom. The van der Waals surface area contributed by atoms with Crippen molar-refractivity contribution in [1.29, 1.82) is 0 Å². The van der Waals surface area contributed by atoms with E-state index < -0.39 is 34.1 Å². The van der Waals surface area contributed by atoms with Crippen molar-refractivity contribution < 1.29 is 26.7 Å². The number of benzene rings is 1. The summed E-state index contributed by atoms with van der Waals surface area (Å²) in [5, 5.41) is 4.18. The lowest BCUT2D eigenvalue weighted by atomic mass is 9.98. The second kappa shape index (κ2) is 11.0. The van der Waals surface area contributed by atoms with Crippen molar-refractivity contribution in [3.63, 3.8) is 0 Å². The summed E-state index contributed by atoms with van der Waals surface area (Å²) in [6.45, 7) is 3.83. The Labute approximate surface area is 219 Å². The first-order valence-electron chi connectivity index (χ1n) is 11.9. The largest absolute Gasteiger partial charge is 0.377 e. The van der Waals surface area contributed by atoms with Crippen molar-refractivity contribution in [2.75, 3.05) is 31.0 Å². The van der Waals surface area contributed by atoms with Crippen molar-refractivity contribution in [2.45, 2.75) is 45.3 Å². The van der Waals surface area contributed by atoms with Gasteiger partial charge in [-0.2, -0.15) is 0 Å². The van der Waals surface area contributed by atoms with Crippen molar-refractivity contribution in [2.24, 2.45) is 5.92 Å². The molecular weight excluding hydrogens is 522 g/mol. The maximum absolute atomic E-state index is 14.1. The molecule has 0 spiro atoms. The van der Waals surface area contributed by atoms with Gasteiger partial charge in [0.1, 0.15) is 26.2 Å². The SMILES string of the molecule is CO[C@@H](C)c1c(Nc2ccc([C@@H](C(F)F)N(C)C(=O)C3CCS(=O)(=O)CC3)cc2)cnc2sc(C)nc12. The third-order valence-electron chi connectivity index (χ3n) is 6.77. The second-order valence-electron chi connectivity index (χ2n) is 9.25. The third-order valence-corrected chi connectivity index (χ3v) is 9.37. The molecule has 1 aliphatic heterocycles. The van der Waals surface area contributed by atoms with Crippen LogP contribution in [0, 0.1) is 12.8 Å². The molecule has 4 rings (SSSR count). The molecule has 1 fully saturated rings. The van der Waals surface area contributed by atoms with Crippen LogP contribution in [0.25, 0.3) is 10.3 Å². The average Bonchev–Trinajstić information content (AvgIpc) is 3.24. The van der Waals surface area contributed by atoms with Crippen LogP contribution >= 0.6 is 11.3 Å². The predicted molar refractivity (Wildman–Crippen MR) is 140 cm³/mol. The molecule has 1 saturated heterocycles. The van der Waals surface area contributed by atoms with Crippen LogP contribution in [0.4, 0.5) is 20.2 Å². The van der Waals surface area contributed by atoms with E-state index in [2.05, 4.69) is 15.3 Å². The molecule has 8 nitrogen and oxygen atoms in total. The van der Waals surface area contributed by atoms with E-state index in [1.54, 1.807) is 37.6 Å². The van der Waals surface area contributed by atoms with Crippen molar-refractivity contribution in [1.82, 2.24) is 14.9 Å². The van der Waals surface area contributed by atoms with Gasteiger partial charge < -0.3 is 15.0 Å². The second-order valence-corrected chi connectivity index (χ2v) is 12.7. The summed E-state index contributed by atoms with van der Waals surface area (Å²) in [4.78, 5) is 23.9. The summed E-state index contributed by atoms with van der Waals surface area (Å²) in [5.74, 6) is -1.23. The number of rotatable bonds is 8. The first-order valence-corrected chi connectivity index (χ1v) is 14.6. The topological polar surface area (TPSA) is 101 Å². The van der Waals surface area contributed by atoms with E-state index in [0.29, 0.717) is 11.4 Å². The third kappa shape index (κ3) is 5.91. The van der Waals surface area contributed by atoms with Crippen molar-refractivity contribution in [3.05, 3.63) is 46.6 Å². The van der Waals surface area contributed by atoms with Gasteiger partial charge in [0.15, 0.2) is 0 Å². The van der Waals surface area contributed by atoms with Gasteiger partial charge in [0.25, 0.3) is 6.43 Å². The van der Waals surface area contributed by atoms with Gasteiger partial charge in [0, 0.05) is 31.3 Å². The van der Waals surface area contributed by atoms with Crippen LogP contribution < -0.4 is 5.32 Å². The lowest BCUT2D eigenvalue weighted by Gasteiger charge is -2.32. The van der Waals surface area contributed by atoms with Crippen molar-refractivity contribution >= 4 is 48.8 Å². The lowest BCUT2D eigenvalue weighted by Crippen LogP contribution is -2.41. The minimum absolute atomic E-state index is 0.0955. The van der Waals surface area contributed by atoms with E-state index in [-0.39, 0.29) is 36.0 Å². The van der Waals surface area contributed by atoms with Crippen LogP contribution in [0.2, 0.25) is 0 Å². The number of sulfone groups is 1. The van der Waals surface area contributed by atoms with E-state index in [0.717, 1.165) is 25.8 Å². The van der Waals surface area contributed by atoms with E-state index in [1.807, 2.05) is 13.8 Å². The maximum Gasteiger partial charge on any atom is 0.262 e. The molecule has 0 radical (unpaired) electrons. The number of nitrogens with zero attached hydrogens (tertiary/aromatic N) is 3. The normalized spacial score (nSPS) is 17.6. The average molecular weight is 553 g/mol. The molecule has 3 aromatic rings. The van der Waals surface area contributed by atoms with Gasteiger partial charge in [-0.05, 0) is 44.4 Å². The Morgan fingerprint density at radius 1 is 1.22 bits per heavy atom. The molecule has 2 aromatic heterocycles. The number of hydrogen-bond acceptors (Lipinski definition) is 8. The van der Waals surface area contributed by atoms with Gasteiger partial charge in [0.2, 0.25) is 5.91 Å². The highest BCUT2D eigenvalue weighted by Crippen LogP contribution is 2.36. The summed E-state index contributed by atoms with van der Waals surface area (Å²) in [6.07, 6.45) is -1.05. The van der Waals surface area contributed by atoms with Crippen LogP contribution in [0.1, 0.15) is 48.0 Å². The molecule has 1 amide bonds. The van der Waals surface area contributed by atoms with E-state index in [9.17, 15) is 22.0 Å². The smallest absolute Gasteiger partial charge is 0.262 e. The monoisotopic (exact) mass is 552 g/mol. The molecular formula is C25H30F2N4O4S2. The number of aryl methyl sites for hydroxylation is 1. The standard InChI is InChI=1S/C25H30F2N4O4S2/c1-14(35-4)20-19(13-28-24-21(20)29-15(2)36-24)30-18-7-5-16(6-8-18)22(23(26)27)31(3)25(32)17-9-11-37(33,34)12-10-17/h5-8,13-14,17,22-23,30H,9-12H2,1-4H3/t14-,22-/m0/s1. The molecule has 3 heterocycles. The lowest BCUT2D eigenvalue weighted by molar-refractivity contribution is -0.140. The molecule has 1 N–H and O–H groups in total. The molecule has 0 saturated carbocycles. The molecule has 0 aliphatic carbocycles. The quantitative estimate of drug-likeness (QED) is 0.418. The van der Waals surface area contributed by atoms with Crippen molar-refractivity contribution in [3.8, 4) is 0 Å².